The Morgan fingerprint density at radius 1 is 1.17 bits per heavy atom. The van der Waals surface area contributed by atoms with E-state index in [9.17, 15) is 21.6 Å². The van der Waals surface area contributed by atoms with Crippen LogP contribution in [0.15, 0.2) is 47.3 Å². The van der Waals surface area contributed by atoms with E-state index in [1.807, 2.05) is 18.6 Å². The van der Waals surface area contributed by atoms with E-state index in [0.29, 0.717) is 5.56 Å². The normalized spacial score (nSPS) is 13.8. The number of rotatable bonds is 5. The van der Waals surface area contributed by atoms with Crippen molar-refractivity contribution in [3.8, 4) is 16.9 Å². The van der Waals surface area contributed by atoms with Crippen molar-refractivity contribution in [3.05, 3.63) is 64.8 Å². The van der Waals surface area contributed by atoms with Crippen molar-refractivity contribution in [3.63, 3.8) is 0 Å². The van der Waals surface area contributed by atoms with Crippen LogP contribution in [-0.4, -0.2) is 25.2 Å². The number of hydrogen-bond donors (Lipinski definition) is 1. The van der Waals surface area contributed by atoms with Gasteiger partial charge < -0.3 is 0 Å². The topological polar surface area (TPSA) is 64.0 Å². The van der Waals surface area contributed by atoms with E-state index >= 15 is 0 Å². The number of halogens is 3. The fraction of sp³-hybridized carbons (Fsp3) is 0.286. The molecular weight excluding hydrogens is 415 g/mol. The predicted octanol–water partition coefficient (Wildman–Crippen LogP) is 4.65. The summed E-state index contributed by atoms with van der Waals surface area (Å²) in [5, 5.41) is 3.62. The zero-order valence-electron chi connectivity index (χ0n) is 19.8. The molecule has 0 amide bonds. The van der Waals surface area contributed by atoms with Crippen LogP contribution in [0.1, 0.15) is 33.4 Å². The van der Waals surface area contributed by atoms with Gasteiger partial charge in [-0.2, -0.15) is 18.3 Å². The maximum absolute atomic E-state index is 13.5. The van der Waals surface area contributed by atoms with Crippen molar-refractivity contribution in [2.75, 3.05) is 7.05 Å². The summed E-state index contributed by atoms with van der Waals surface area (Å²) in [5.74, 6) is 0. The van der Waals surface area contributed by atoms with Crippen LogP contribution in [0, 0.1) is 13.8 Å². The molecule has 30 heavy (non-hydrogen) atoms. The number of hydrogen-bond acceptors (Lipinski definition) is 3. The maximum Gasteiger partial charge on any atom is 0.435 e. The molecule has 0 saturated heterocycles. The largest absolute Gasteiger partial charge is 0.435 e. The second kappa shape index (κ2) is 7.88. The first-order valence-corrected chi connectivity index (χ1v) is 10.5. The van der Waals surface area contributed by atoms with Crippen LogP contribution in [0.25, 0.3) is 16.9 Å². The van der Waals surface area contributed by atoms with E-state index in [4.69, 9.17) is 4.11 Å². The van der Waals surface area contributed by atoms with Gasteiger partial charge in [0.2, 0.25) is 10.0 Å². The number of aromatic nitrogens is 2. The highest BCUT2D eigenvalue weighted by molar-refractivity contribution is 7.89. The minimum absolute atomic E-state index is 0.0295. The van der Waals surface area contributed by atoms with Gasteiger partial charge in [0, 0.05) is 5.56 Å². The summed E-state index contributed by atoms with van der Waals surface area (Å²) in [5.41, 5.74) is 0.393. The second-order valence-corrected chi connectivity index (χ2v) is 8.53. The van der Waals surface area contributed by atoms with E-state index in [-0.39, 0.29) is 11.3 Å². The van der Waals surface area contributed by atoms with Gasteiger partial charge in [-0.1, -0.05) is 19.1 Å². The Kier molecular flexibility index (Phi) is 4.77. The van der Waals surface area contributed by atoms with Crippen LogP contribution in [0.3, 0.4) is 0 Å². The Bertz CT molecular complexity index is 1320. The molecule has 1 aromatic heterocycles. The Balaban J connectivity index is 2.41. The molecule has 0 aliphatic carbocycles. The van der Waals surface area contributed by atoms with Crippen LogP contribution >= 0.6 is 0 Å². The molecule has 0 atom stereocenters. The van der Waals surface area contributed by atoms with Gasteiger partial charge in [0.15, 0.2) is 5.69 Å². The lowest BCUT2D eigenvalue weighted by Crippen LogP contribution is -2.19. The van der Waals surface area contributed by atoms with Gasteiger partial charge >= 0.3 is 6.18 Å². The van der Waals surface area contributed by atoms with Crippen molar-refractivity contribution >= 4 is 10.0 Å². The number of alkyl halides is 3. The van der Waals surface area contributed by atoms with Gasteiger partial charge in [-0.05, 0) is 74.3 Å². The number of nitrogens with one attached hydrogen (secondary N) is 1. The van der Waals surface area contributed by atoms with E-state index in [1.165, 1.54) is 6.92 Å². The van der Waals surface area contributed by atoms with Gasteiger partial charge in [-0.3, -0.25) is 0 Å². The van der Waals surface area contributed by atoms with Crippen molar-refractivity contribution in [2.45, 2.75) is 38.3 Å². The summed E-state index contributed by atoms with van der Waals surface area (Å²) in [7, 11) is -3.06. The number of sulfonamides is 1. The van der Waals surface area contributed by atoms with E-state index in [2.05, 4.69) is 5.10 Å². The molecule has 0 spiro atoms. The van der Waals surface area contributed by atoms with Gasteiger partial charge in [-0.25, -0.2) is 17.8 Å². The third-order valence-corrected chi connectivity index (χ3v) is 6.19. The third-order valence-electron chi connectivity index (χ3n) is 4.71. The highest BCUT2D eigenvalue weighted by Crippen LogP contribution is 2.34. The fourth-order valence-electron chi connectivity index (χ4n) is 3.10. The zero-order valence-corrected chi connectivity index (χ0v) is 17.6. The van der Waals surface area contributed by atoms with E-state index in [0.717, 1.165) is 35.3 Å². The third kappa shape index (κ3) is 4.13. The summed E-state index contributed by atoms with van der Waals surface area (Å²) in [6.45, 7) is 5.04. The van der Waals surface area contributed by atoms with Gasteiger partial charge in [-0.15, -0.1) is 0 Å². The summed E-state index contributed by atoms with van der Waals surface area (Å²) in [6, 6.07) is 3.94. The Morgan fingerprint density at radius 2 is 1.87 bits per heavy atom. The molecule has 1 heterocycles. The van der Waals surface area contributed by atoms with Crippen molar-refractivity contribution < 1.29 is 25.7 Å². The lowest BCUT2D eigenvalue weighted by molar-refractivity contribution is -0.141. The quantitative estimate of drug-likeness (QED) is 0.628. The van der Waals surface area contributed by atoms with Crippen LogP contribution in [0.5, 0.6) is 0 Å². The molecule has 5 nitrogen and oxygen atoms in total. The summed E-state index contributed by atoms with van der Waals surface area (Å²) in [4.78, 5) is -0.573. The highest BCUT2D eigenvalue weighted by Gasteiger charge is 2.35. The lowest BCUT2D eigenvalue weighted by atomic mass is 10.0. The van der Waals surface area contributed by atoms with Gasteiger partial charge in [0.1, 0.15) is 0 Å². The van der Waals surface area contributed by atoms with Crippen LogP contribution in [0.4, 0.5) is 13.2 Å². The molecule has 0 saturated carbocycles. The Labute approximate surface area is 177 Å². The molecule has 0 unspecified atom stereocenters. The van der Waals surface area contributed by atoms with Gasteiger partial charge in [0.25, 0.3) is 0 Å². The van der Waals surface area contributed by atoms with Crippen LogP contribution < -0.4 is 4.72 Å². The molecule has 9 heteroatoms. The first kappa shape index (κ1) is 18.1. The molecule has 0 aliphatic rings. The first-order chi connectivity index (χ1) is 15.2. The molecule has 0 aliphatic heterocycles. The molecule has 160 valence electrons. The maximum atomic E-state index is 13.5. The molecule has 1 N–H and O–H groups in total. The second-order valence-electron chi connectivity index (χ2n) is 6.70. The SMILES string of the molecule is [2H]c1c([2H])c(S(=O)(=O)NC)c(C)c([2H])c1-n1nc(C(F)(F)F)cc1-c1ccc(CC)c(C)c1. The molecule has 0 fully saturated rings. The minimum Gasteiger partial charge on any atom is -0.232 e. The smallest absolute Gasteiger partial charge is 0.232 e. The highest BCUT2D eigenvalue weighted by atomic mass is 32.2. The Hall–Kier alpha value is -2.65. The predicted molar refractivity (Wildman–Crippen MR) is 109 cm³/mol. The number of nitrogens with zero attached hydrogens (tertiary/aromatic N) is 2. The molecule has 0 bridgehead atoms. The van der Waals surface area contributed by atoms with Crippen molar-refractivity contribution in [1.29, 1.82) is 0 Å². The lowest BCUT2D eigenvalue weighted by Gasteiger charge is -2.12. The molecule has 0 radical (unpaired) electrons. The summed E-state index contributed by atoms with van der Waals surface area (Å²) < 4.78 is 93.2. The summed E-state index contributed by atoms with van der Waals surface area (Å²) in [6.07, 6.45) is -4.06. The fourth-order valence-corrected chi connectivity index (χ4v) is 3.94. The molecular formula is C21H22F3N3O2S. The standard InChI is InChI=1S/C21H22F3N3O2S/c1-5-15-6-7-16(10-13(15)2)18-12-20(21(22,23)24)26-27(18)17-8-9-19(14(3)11-17)30(28,29)25-4/h6-12,25H,5H2,1-4H3/i8D,9D,11D. The van der Waals surface area contributed by atoms with E-state index in [1.54, 1.807) is 18.2 Å². The van der Waals surface area contributed by atoms with Gasteiger partial charge in [0.05, 0.1) is 20.4 Å². The molecule has 3 rings (SSSR count). The molecule has 2 aromatic carbocycles. The first-order valence-electron chi connectivity index (χ1n) is 10.6. The number of aryl methyl sites for hydroxylation is 2. The van der Waals surface area contributed by atoms with Crippen LogP contribution in [0.2, 0.25) is 0 Å². The summed E-state index contributed by atoms with van der Waals surface area (Å²) >= 11 is 0. The van der Waals surface area contributed by atoms with Crippen molar-refractivity contribution in [2.24, 2.45) is 0 Å². The Morgan fingerprint density at radius 3 is 2.43 bits per heavy atom. The minimum atomic E-state index is -4.79. The molecule has 3 aromatic rings. The van der Waals surface area contributed by atoms with E-state index < -0.39 is 50.6 Å². The monoisotopic (exact) mass is 440 g/mol. The van der Waals surface area contributed by atoms with Crippen LogP contribution in [-0.2, 0) is 22.6 Å². The number of benzene rings is 2. The zero-order chi connectivity index (χ0) is 24.9. The average molecular weight is 441 g/mol. The van der Waals surface area contributed by atoms with Crippen molar-refractivity contribution in [1.82, 2.24) is 14.5 Å². The average Bonchev–Trinajstić information content (AvgIpc) is 3.18.